The number of likely N-dealkylation sites (N-methyl/N-ethyl adjacent to an activating group) is 1. The lowest BCUT2D eigenvalue weighted by atomic mass is 10.1. The van der Waals surface area contributed by atoms with Gasteiger partial charge in [0, 0.05) is 16.6 Å². The second kappa shape index (κ2) is 8.22. The van der Waals surface area contributed by atoms with Crippen molar-refractivity contribution < 1.29 is 22.9 Å². The van der Waals surface area contributed by atoms with E-state index in [2.05, 4.69) is 5.32 Å². The maximum atomic E-state index is 13.0. The average molecular weight is 395 g/mol. The van der Waals surface area contributed by atoms with Gasteiger partial charge in [-0.3, -0.25) is 14.5 Å². The third-order valence-corrected chi connectivity index (χ3v) is 5.35. The van der Waals surface area contributed by atoms with Crippen LogP contribution in [0.3, 0.4) is 0 Å². The number of hydrogen-bond donors (Lipinski definition) is 2. The van der Waals surface area contributed by atoms with Crippen molar-refractivity contribution in [1.29, 1.82) is 0 Å². The fourth-order valence-electron chi connectivity index (χ4n) is 2.97. The summed E-state index contributed by atoms with van der Waals surface area (Å²) in [7, 11) is -1.53. The van der Waals surface area contributed by atoms with Crippen LogP contribution in [0.2, 0.25) is 0 Å². The summed E-state index contributed by atoms with van der Waals surface area (Å²) in [6, 6.07) is 8.45. The molecule has 1 aliphatic rings. The highest BCUT2D eigenvalue weighted by atomic mass is 32.2. The molecule has 0 radical (unpaired) electrons. The summed E-state index contributed by atoms with van der Waals surface area (Å²) in [4.78, 5) is 27.3. The van der Waals surface area contributed by atoms with E-state index in [1.807, 2.05) is 26.8 Å². The molecule has 0 saturated carbocycles. The number of carbonyl (C=O) groups excluding carboxylic acids is 2. The second-order valence-corrected chi connectivity index (χ2v) is 9.86. The monoisotopic (exact) mass is 394 g/mol. The molecule has 1 unspecified atom stereocenters. The van der Waals surface area contributed by atoms with Gasteiger partial charge in [0.05, 0.1) is 18.8 Å². The van der Waals surface area contributed by atoms with Crippen molar-refractivity contribution in [1.82, 2.24) is 5.32 Å². The molecule has 1 heterocycles. The summed E-state index contributed by atoms with van der Waals surface area (Å²) in [6.45, 7) is 5.93. The minimum Gasteiger partial charge on any atom is -0.347 e. The van der Waals surface area contributed by atoms with Crippen LogP contribution in [0.5, 0.6) is 0 Å². The molecule has 2 amide bonds. The normalized spacial score (nSPS) is 19.5. The van der Waals surface area contributed by atoms with Gasteiger partial charge in [-0.2, -0.15) is 0 Å². The Morgan fingerprint density at radius 2 is 1.81 bits per heavy atom. The highest BCUT2D eigenvalue weighted by Gasteiger charge is 2.32. The topological polar surface area (TPSA) is 88.0 Å². The molecule has 2 atom stereocenters. The van der Waals surface area contributed by atoms with E-state index in [1.165, 1.54) is 4.90 Å². The van der Waals surface area contributed by atoms with Crippen molar-refractivity contribution >= 4 is 27.3 Å². The number of amides is 2. The highest BCUT2D eigenvalue weighted by molar-refractivity contribution is 7.94. The molecule has 2 rings (SSSR count). The van der Waals surface area contributed by atoms with Gasteiger partial charge >= 0.3 is 0 Å². The minimum absolute atomic E-state index is 0.0802. The molecule has 0 aliphatic carbocycles. The maximum absolute atomic E-state index is 13.0. The third-order valence-electron chi connectivity index (χ3n) is 3.98. The van der Waals surface area contributed by atoms with Crippen LogP contribution in [0, 0.1) is 0 Å². The lowest BCUT2D eigenvalue weighted by molar-refractivity contribution is -0.862. The molecule has 0 fully saturated rings. The first-order valence-corrected chi connectivity index (χ1v) is 10.6. The number of nitrogens with zero attached hydrogens (tertiary/aromatic N) is 1. The molecule has 148 valence electrons. The minimum atomic E-state index is -3.30. The lowest BCUT2D eigenvalue weighted by Crippen LogP contribution is -3.11. The Kier molecular flexibility index (Phi) is 6.43. The molecule has 2 N–H and O–H groups in total. The number of para-hydroxylation sites is 1. The van der Waals surface area contributed by atoms with Gasteiger partial charge in [0.2, 0.25) is 0 Å². The molecular weight excluding hydrogens is 366 g/mol. The van der Waals surface area contributed by atoms with Crippen LogP contribution in [0.4, 0.5) is 5.69 Å². The molecule has 0 saturated heterocycles. The van der Waals surface area contributed by atoms with E-state index in [-0.39, 0.29) is 36.2 Å². The van der Waals surface area contributed by atoms with Crippen LogP contribution >= 0.6 is 0 Å². The summed E-state index contributed by atoms with van der Waals surface area (Å²) in [5, 5.41) is 4.04. The van der Waals surface area contributed by atoms with Gasteiger partial charge in [-0.15, -0.1) is 0 Å². The van der Waals surface area contributed by atoms with Gasteiger partial charge in [0.25, 0.3) is 11.8 Å². The number of anilines is 1. The Labute approximate surface area is 160 Å². The number of quaternary nitrogens is 1. The Bertz CT molecular complexity index is 813. The Morgan fingerprint density at radius 1 is 1.19 bits per heavy atom. The van der Waals surface area contributed by atoms with E-state index in [1.54, 1.807) is 37.4 Å². The molecule has 1 aliphatic heterocycles. The van der Waals surface area contributed by atoms with Gasteiger partial charge in [0.1, 0.15) is 0 Å². The fraction of sp³-hybridized carbons (Fsp3) is 0.474. The molecule has 1 aromatic carbocycles. The van der Waals surface area contributed by atoms with E-state index in [0.717, 1.165) is 10.3 Å². The smallest absolute Gasteiger partial charge is 0.282 e. The average Bonchev–Trinajstić information content (AvgIpc) is 2.86. The zero-order valence-electron chi connectivity index (χ0n) is 16.2. The van der Waals surface area contributed by atoms with Crippen LogP contribution in [-0.2, 0) is 19.4 Å². The Morgan fingerprint density at radius 3 is 2.33 bits per heavy atom. The van der Waals surface area contributed by atoms with Crippen molar-refractivity contribution in [2.45, 2.75) is 32.4 Å². The van der Waals surface area contributed by atoms with E-state index in [4.69, 9.17) is 0 Å². The maximum Gasteiger partial charge on any atom is 0.282 e. The second-order valence-electron chi connectivity index (χ2n) is 7.93. The lowest BCUT2D eigenvalue weighted by Gasteiger charge is -2.28. The number of benzene rings is 1. The zero-order chi connectivity index (χ0) is 20.2. The van der Waals surface area contributed by atoms with Crippen molar-refractivity contribution in [3.63, 3.8) is 0 Å². The molecular formula is C19H28N3O4S+. The fourth-order valence-corrected chi connectivity index (χ4v) is 4.24. The molecule has 8 heteroatoms. The molecule has 7 nitrogen and oxygen atoms in total. The van der Waals surface area contributed by atoms with Crippen LogP contribution in [0.1, 0.15) is 20.8 Å². The summed E-state index contributed by atoms with van der Waals surface area (Å²) in [5.41, 5.74) is 0.307. The first kappa shape index (κ1) is 21.1. The molecule has 1 aromatic rings. The van der Waals surface area contributed by atoms with E-state index in [9.17, 15) is 18.0 Å². The summed E-state index contributed by atoms with van der Waals surface area (Å²) in [6.07, 6.45) is 1.54. The summed E-state index contributed by atoms with van der Waals surface area (Å²) in [5.74, 6) is -0.492. The molecule has 0 bridgehead atoms. The standard InChI is InChI=1S/C19H27N3O4S/c1-19(2,3)20-17(23)12-21(4)13-18(24)22(15-8-6-5-7-9-15)16-10-11-27(25,26)14-16/h5-11,16H,12-14H2,1-4H3,(H,20,23)/p+1/t16-/m0/s1. The molecule has 0 spiro atoms. The number of nitrogens with one attached hydrogen (secondary N) is 2. The van der Waals surface area contributed by atoms with Crippen LogP contribution in [0.15, 0.2) is 41.8 Å². The molecule has 0 aromatic heterocycles. The SMILES string of the molecule is C[NH+](CC(=O)NC(C)(C)C)CC(=O)N(c1ccccc1)[C@H]1C=CS(=O)(=O)C1. The predicted molar refractivity (Wildman–Crippen MR) is 105 cm³/mol. The third kappa shape index (κ3) is 6.48. The first-order valence-electron chi connectivity index (χ1n) is 8.87. The van der Waals surface area contributed by atoms with Crippen molar-refractivity contribution in [2.75, 3.05) is 30.8 Å². The quantitative estimate of drug-likeness (QED) is 0.697. The summed E-state index contributed by atoms with van der Waals surface area (Å²) < 4.78 is 23.6. The van der Waals surface area contributed by atoms with Gasteiger partial charge < -0.3 is 10.2 Å². The van der Waals surface area contributed by atoms with E-state index < -0.39 is 15.9 Å². The number of sulfone groups is 1. The van der Waals surface area contributed by atoms with Crippen LogP contribution < -0.4 is 15.1 Å². The first-order chi connectivity index (χ1) is 12.5. The van der Waals surface area contributed by atoms with Crippen molar-refractivity contribution in [2.24, 2.45) is 0 Å². The predicted octanol–water partition coefficient (Wildman–Crippen LogP) is -0.240. The van der Waals surface area contributed by atoms with Gasteiger partial charge in [-0.25, -0.2) is 8.42 Å². The van der Waals surface area contributed by atoms with E-state index in [0.29, 0.717) is 5.69 Å². The highest BCUT2D eigenvalue weighted by Crippen LogP contribution is 2.22. The van der Waals surface area contributed by atoms with Gasteiger partial charge in [-0.1, -0.05) is 18.2 Å². The van der Waals surface area contributed by atoms with Crippen LogP contribution in [-0.4, -0.2) is 57.7 Å². The van der Waals surface area contributed by atoms with E-state index >= 15 is 0 Å². The zero-order valence-corrected chi connectivity index (χ0v) is 17.0. The van der Waals surface area contributed by atoms with Crippen LogP contribution in [0.25, 0.3) is 0 Å². The largest absolute Gasteiger partial charge is 0.347 e. The molecule has 27 heavy (non-hydrogen) atoms. The van der Waals surface area contributed by atoms with Crippen molar-refractivity contribution in [3.8, 4) is 0 Å². The number of carbonyl (C=O) groups is 2. The number of rotatable bonds is 6. The Balaban J connectivity index is 2.11. The Hall–Kier alpha value is -2.19. The van der Waals surface area contributed by atoms with Crippen molar-refractivity contribution in [3.05, 3.63) is 41.8 Å². The number of hydrogen-bond acceptors (Lipinski definition) is 4. The summed E-state index contributed by atoms with van der Waals surface area (Å²) >= 11 is 0. The van der Waals surface area contributed by atoms with Gasteiger partial charge in [-0.05, 0) is 39.0 Å². The van der Waals surface area contributed by atoms with Gasteiger partial charge in [0.15, 0.2) is 22.9 Å².